The van der Waals surface area contributed by atoms with Crippen LogP contribution in [0.15, 0.2) is 23.1 Å². The number of aromatic nitrogens is 1. The molecular formula is C11H12N2O4S2. The minimum atomic E-state index is -3.25. The van der Waals surface area contributed by atoms with Crippen molar-refractivity contribution in [3.8, 4) is 0 Å². The van der Waals surface area contributed by atoms with E-state index in [1.807, 2.05) is 0 Å². The minimum Gasteiger partial charge on any atom is -0.450 e. The molecule has 0 radical (unpaired) electrons. The highest BCUT2D eigenvalue weighted by Gasteiger charge is 2.12. The van der Waals surface area contributed by atoms with Crippen molar-refractivity contribution in [2.45, 2.75) is 11.8 Å². The van der Waals surface area contributed by atoms with Crippen molar-refractivity contribution in [3.63, 3.8) is 0 Å². The third kappa shape index (κ3) is 3.21. The number of nitrogens with one attached hydrogen (secondary N) is 1. The van der Waals surface area contributed by atoms with E-state index in [9.17, 15) is 13.2 Å². The highest BCUT2D eigenvalue weighted by Crippen LogP contribution is 2.28. The smallest absolute Gasteiger partial charge is 0.413 e. The second kappa shape index (κ2) is 5.14. The van der Waals surface area contributed by atoms with Crippen molar-refractivity contribution in [1.82, 2.24) is 4.98 Å². The maximum Gasteiger partial charge on any atom is 0.413 e. The topological polar surface area (TPSA) is 85.4 Å². The van der Waals surface area contributed by atoms with E-state index in [-0.39, 0.29) is 11.5 Å². The van der Waals surface area contributed by atoms with Gasteiger partial charge in [0.1, 0.15) is 0 Å². The van der Waals surface area contributed by atoms with E-state index in [1.54, 1.807) is 19.1 Å². The second-order valence-corrected chi connectivity index (χ2v) is 6.81. The number of sulfone groups is 1. The molecule has 0 fully saturated rings. The van der Waals surface area contributed by atoms with Gasteiger partial charge in [-0.1, -0.05) is 11.3 Å². The average Bonchev–Trinajstić information content (AvgIpc) is 2.68. The summed E-state index contributed by atoms with van der Waals surface area (Å²) >= 11 is 1.19. The number of ether oxygens (including phenoxy) is 1. The summed E-state index contributed by atoms with van der Waals surface area (Å²) in [5.74, 6) is 0. The molecule has 0 aliphatic rings. The Bertz CT molecular complexity index is 721. The molecule has 1 aromatic carbocycles. The molecule has 2 aromatic rings. The monoisotopic (exact) mass is 300 g/mol. The van der Waals surface area contributed by atoms with Crippen LogP contribution in [0, 0.1) is 0 Å². The van der Waals surface area contributed by atoms with Crippen molar-refractivity contribution in [1.29, 1.82) is 0 Å². The van der Waals surface area contributed by atoms with Crippen LogP contribution in [0.4, 0.5) is 9.93 Å². The normalized spacial score (nSPS) is 11.5. The number of hydrogen-bond donors (Lipinski definition) is 1. The van der Waals surface area contributed by atoms with E-state index < -0.39 is 15.9 Å². The van der Waals surface area contributed by atoms with E-state index in [0.29, 0.717) is 15.3 Å². The number of benzene rings is 1. The largest absolute Gasteiger partial charge is 0.450 e. The first-order chi connectivity index (χ1) is 8.90. The first-order valence-corrected chi connectivity index (χ1v) is 8.15. The van der Waals surface area contributed by atoms with Gasteiger partial charge in [0, 0.05) is 6.26 Å². The van der Waals surface area contributed by atoms with Gasteiger partial charge in [0.05, 0.1) is 21.7 Å². The summed E-state index contributed by atoms with van der Waals surface area (Å²) in [4.78, 5) is 15.7. The minimum absolute atomic E-state index is 0.228. The first-order valence-electron chi connectivity index (χ1n) is 5.44. The Labute approximate surface area is 114 Å². The molecule has 0 spiro atoms. The molecule has 0 bridgehead atoms. The fourth-order valence-electron chi connectivity index (χ4n) is 1.44. The van der Waals surface area contributed by atoms with Crippen LogP contribution in [0.3, 0.4) is 0 Å². The molecule has 1 amide bonds. The van der Waals surface area contributed by atoms with E-state index in [1.165, 1.54) is 17.4 Å². The van der Waals surface area contributed by atoms with Crippen molar-refractivity contribution in [3.05, 3.63) is 18.2 Å². The summed E-state index contributed by atoms with van der Waals surface area (Å²) in [6.45, 7) is 1.98. The maximum atomic E-state index is 11.4. The van der Waals surface area contributed by atoms with Crippen molar-refractivity contribution < 1.29 is 17.9 Å². The summed E-state index contributed by atoms with van der Waals surface area (Å²) in [5, 5.41) is 2.86. The van der Waals surface area contributed by atoms with Gasteiger partial charge in [-0.25, -0.2) is 18.2 Å². The Morgan fingerprint density at radius 1 is 1.47 bits per heavy atom. The van der Waals surface area contributed by atoms with Crippen molar-refractivity contribution in [2.24, 2.45) is 0 Å². The van der Waals surface area contributed by atoms with Crippen LogP contribution in [0.2, 0.25) is 0 Å². The lowest BCUT2D eigenvalue weighted by molar-refractivity contribution is 0.168. The van der Waals surface area contributed by atoms with Crippen LogP contribution in [-0.4, -0.2) is 32.4 Å². The van der Waals surface area contributed by atoms with Gasteiger partial charge in [-0.3, -0.25) is 5.32 Å². The first kappa shape index (κ1) is 13.8. The Hall–Kier alpha value is -1.67. The van der Waals surface area contributed by atoms with Gasteiger partial charge in [-0.05, 0) is 25.1 Å². The number of amides is 1. The third-order valence-electron chi connectivity index (χ3n) is 2.27. The van der Waals surface area contributed by atoms with E-state index >= 15 is 0 Å². The molecule has 19 heavy (non-hydrogen) atoms. The Balaban J connectivity index is 2.33. The molecule has 6 nitrogen and oxygen atoms in total. The lowest BCUT2D eigenvalue weighted by Gasteiger charge is -1.99. The quantitative estimate of drug-likeness (QED) is 0.939. The molecule has 1 heterocycles. The SMILES string of the molecule is CCOC(=O)Nc1nc2ccc(S(C)(=O)=O)cc2s1. The molecule has 0 unspecified atom stereocenters. The predicted octanol–water partition coefficient (Wildman–Crippen LogP) is 2.27. The zero-order valence-electron chi connectivity index (χ0n) is 10.3. The Kier molecular flexibility index (Phi) is 3.72. The predicted molar refractivity (Wildman–Crippen MR) is 73.4 cm³/mol. The summed E-state index contributed by atoms with van der Waals surface area (Å²) in [6, 6.07) is 4.64. The van der Waals surface area contributed by atoms with E-state index in [0.717, 1.165) is 6.26 Å². The standard InChI is InChI=1S/C11H12N2O4S2/c1-3-17-11(14)13-10-12-8-5-4-7(19(2,15)16)6-9(8)18-10/h4-6H,3H2,1-2H3,(H,12,13,14). The van der Waals surface area contributed by atoms with Gasteiger partial charge in [0.25, 0.3) is 0 Å². The average molecular weight is 300 g/mol. The Morgan fingerprint density at radius 2 is 2.21 bits per heavy atom. The van der Waals surface area contributed by atoms with Crippen LogP contribution >= 0.6 is 11.3 Å². The summed E-state index contributed by atoms with van der Waals surface area (Å²) in [6.07, 6.45) is 0.567. The summed E-state index contributed by atoms with van der Waals surface area (Å²) < 4.78 is 28.3. The summed E-state index contributed by atoms with van der Waals surface area (Å²) in [5.41, 5.74) is 0.629. The molecule has 8 heteroatoms. The maximum absolute atomic E-state index is 11.4. The lowest BCUT2D eigenvalue weighted by Crippen LogP contribution is -2.12. The van der Waals surface area contributed by atoms with Crippen molar-refractivity contribution in [2.75, 3.05) is 18.2 Å². The van der Waals surface area contributed by atoms with Crippen LogP contribution in [-0.2, 0) is 14.6 Å². The number of thiazole rings is 1. The zero-order chi connectivity index (χ0) is 14.0. The van der Waals surface area contributed by atoms with Gasteiger partial charge in [0.2, 0.25) is 0 Å². The number of rotatable bonds is 3. The van der Waals surface area contributed by atoms with Crippen LogP contribution in [0.5, 0.6) is 0 Å². The highest BCUT2D eigenvalue weighted by molar-refractivity contribution is 7.90. The van der Waals surface area contributed by atoms with E-state index in [2.05, 4.69) is 10.3 Å². The fraction of sp³-hybridized carbons (Fsp3) is 0.273. The van der Waals surface area contributed by atoms with Crippen LogP contribution in [0.1, 0.15) is 6.92 Å². The number of nitrogens with zero attached hydrogens (tertiary/aromatic N) is 1. The van der Waals surface area contributed by atoms with Gasteiger partial charge < -0.3 is 4.74 Å². The third-order valence-corrected chi connectivity index (χ3v) is 4.32. The molecule has 1 N–H and O–H groups in total. The Morgan fingerprint density at radius 3 is 2.84 bits per heavy atom. The lowest BCUT2D eigenvalue weighted by atomic mass is 10.3. The van der Waals surface area contributed by atoms with Gasteiger partial charge in [-0.2, -0.15) is 0 Å². The van der Waals surface area contributed by atoms with Gasteiger partial charge in [0.15, 0.2) is 15.0 Å². The molecule has 0 aliphatic heterocycles. The number of carbonyl (C=O) groups excluding carboxylic acids is 1. The molecule has 1 aromatic heterocycles. The van der Waals surface area contributed by atoms with Crippen molar-refractivity contribution >= 4 is 42.6 Å². The van der Waals surface area contributed by atoms with Gasteiger partial charge >= 0.3 is 6.09 Å². The molecule has 102 valence electrons. The van der Waals surface area contributed by atoms with Crippen LogP contribution < -0.4 is 5.32 Å². The number of carbonyl (C=O) groups is 1. The number of fused-ring (bicyclic) bond motifs is 1. The van der Waals surface area contributed by atoms with E-state index in [4.69, 9.17) is 4.74 Å². The second-order valence-electron chi connectivity index (χ2n) is 3.77. The molecule has 0 aliphatic carbocycles. The summed E-state index contributed by atoms with van der Waals surface area (Å²) in [7, 11) is -3.25. The molecular weight excluding hydrogens is 288 g/mol. The van der Waals surface area contributed by atoms with Gasteiger partial charge in [-0.15, -0.1) is 0 Å². The fourth-order valence-corrected chi connectivity index (χ4v) is 3.06. The van der Waals surface area contributed by atoms with Crippen LogP contribution in [0.25, 0.3) is 10.2 Å². The molecule has 0 saturated carbocycles. The molecule has 0 saturated heterocycles. The zero-order valence-corrected chi connectivity index (χ0v) is 12.0. The number of anilines is 1. The molecule has 0 atom stereocenters. The highest BCUT2D eigenvalue weighted by atomic mass is 32.2. The number of hydrogen-bond acceptors (Lipinski definition) is 6. The molecule has 2 rings (SSSR count).